The molecule has 12 heavy (non-hydrogen) atoms. The summed E-state index contributed by atoms with van der Waals surface area (Å²) in [5.74, 6) is -2.74. The fourth-order valence-electron chi connectivity index (χ4n) is 1.23. The highest BCUT2D eigenvalue weighted by atomic mass is 19.3. The van der Waals surface area contributed by atoms with E-state index >= 15 is 0 Å². The number of hydrogen-bond donors (Lipinski definition) is 0. The van der Waals surface area contributed by atoms with E-state index in [0.29, 0.717) is 0 Å². The van der Waals surface area contributed by atoms with Crippen molar-refractivity contribution in [2.75, 3.05) is 7.05 Å². The maximum absolute atomic E-state index is 12.9. The molecule has 3 heteroatoms. The fraction of sp³-hybridized carbons (Fsp3) is 0.556. The highest BCUT2D eigenvalue weighted by molar-refractivity contribution is 5.24. The first kappa shape index (κ1) is 9.23. The van der Waals surface area contributed by atoms with Crippen LogP contribution in [0.4, 0.5) is 8.78 Å². The van der Waals surface area contributed by atoms with Crippen LogP contribution in [0.15, 0.2) is 23.9 Å². The van der Waals surface area contributed by atoms with Crippen molar-refractivity contribution in [3.05, 3.63) is 23.9 Å². The van der Waals surface area contributed by atoms with Crippen LogP contribution in [-0.2, 0) is 0 Å². The lowest BCUT2D eigenvalue weighted by atomic mass is 10.1. The number of hydrogen-bond acceptors (Lipinski definition) is 1. The molecule has 1 nitrogen and oxygen atoms in total. The Balaban J connectivity index is 2.90. The third kappa shape index (κ3) is 1.65. The third-order valence-corrected chi connectivity index (χ3v) is 2.08. The van der Waals surface area contributed by atoms with Gasteiger partial charge in [-0.3, -0.25) is 0 Å². The zero-order chi connectivity index (χ0) is 9.35. The first-order valence-corrected chi connectivity index (χ1v) is 3.92. The average molecular weight is 173 g/mol. The molecule has 0 aromatic carbocycles. The lowest BCUT2D eigenvalue weighted by Crippen LogP contribution is -2.36. The maximum atomic E-state index is 12.9. The second kappa shape index (κ2) is 2.88. The predicted octanol–water partition coefficient (Wildman–Crippen LogP) is 2.42. The molecule has 1 atom stereocenters. The van der Waals surface area contributed by atoms with Crippen LogP contribution in [0.2, 0.25) is 0 Å². The van der Waals surface area contributed by atoms with E-state index in [9.17, 15) is 8.78 Å². The monoisotopic (exact) mass is 173 g/mol. The second-order valence-corrected chi connectivity index (χ2v) is 3.18. The summed E-state index contributed by atoms with van der Waals surface area (Å²) in [6.07, 6.45) is 5.02. The minimum absolute atomic E-state index is 0.0517. The van der Waals surface area contributed by atoms with Crippen LogP contribution < -0.4 is 0 Å². The van der Waals surface area contributed by atoms with Gasteiger partial charge in [0.05, 0.1) is 5.70 Å². The molecule has 0 fully saturated rings. The van der Waals surface area contributed by atoms with Crippen molar-refractivity contribution >= 4 is 0 Å². The number of nitrogens with zero attached hydrogens (tertiary/aromatic N) is 1. The molecule has 0 N–H and O–H groups in total. The lowest BCUT2D eigenvalue weighted by molar-refractivity contribution is 0.0305. The first-order chi connectivity index (χ1) is 5.43. The molecule has 1 aliphatic heterocycles. The van der Waals surface area contributed by atoms with Gasteiger partial charge in [-0.15, -0.1) is 0 Å². The summed E-state index contributed by atoms with van der Waals surface area (Å²) in [5.41, 5.74) is 0.0810. The van der Waals surface area contributed by atoms with Crippen LogP contribution in [0.3, 0.4) is 0 Å². The summed E-state index contributed by atoms with van der Waals surface area (Å²) in [7, 11) is 1.68. The summed E-state index contributed by atoms with van der Waals surface area (Å²) in [6, 6.07) is 0.0517. The van der Waals surface area contributed by atoms with Crippen LogP contribution in [0, 0.1) is 0 Å². The Morgan fingerprint density at radius 3 is 2.50 bits per heavy atom. The quantitative estimate of drug-likeness (QED) is 0.588. The van der Waals surface area contributed by atoms with Gasteiger partial charge in [0, 0.05) is 20.0 Å². The molecule has 0 amide bonds. The highest BCUT2D eigenvalue weighted by Gasteiger charge is 2.32. The molecule has 0 aromatic rings. The van der Waals surface area contributed by atoms with Gasteiger partial charge in [0.2, 0.25) is 0 Å². The molecule has 0 saturated carbocycles. The van der Waals surface area contributed by atoms with Crippen molar-refractivity contribution in [2.24, 2.45) is 0 Å². The molecule has 1 aliphatic rings. The van der Waals surface area contributed by atoms with Crippen molar-refractivity contribution in [2.45, 2.75) is 25.8 Å². The van der Waals surface area contributed by atoms with Gasteiger partial charge in [-0.25, -0.2) is 8.78 Å². The van der Waals surface area contributed by atoms with E-state index in [1.54, 1.807) is 18.0 Å². The molecule has 0 aliphatic carbocycles. The standard InChI is InChI=1S/C9H13F2N/c1-7-5-4-6-8(12(7)3)9(2,10)11/h4-7H,1-3H3. The van der Waals surface area contributed by atoms with E-state index in [1.165, 1.54) is 6.08 Å². The topological polar surface area (TPSA) is 3.24 Å². The largest absolute Gasteiger partial charge is 0.367 e. The Hall–Kier alpha value is -0.860. The lowest BCUT2D eigenvalue weighted by Gasteiger charge is -2.32. The molecule has 68 valence electrons. The van der Waals surface area contributed by atoms with E-state index in [2.05, 4.69) is 0 Å². The van der Waals surface area contributed by atoms with Crippen LogP contribution in [0.1, 0.15) is 13.8 Å². The molecular weight excluding hydrogens is 160 g/mol. The Morgan fingerprint density at radius 2 is 2.08 bits per heavy atom. The molecule has 1 rings (SSSR count). The molecule has 1 heterocycles. The van der Waals surface area contributed by atoms with Gasteiger partial charge in [-0.05, 0) is 13.0 Å². The summed E-state index contributed by atoms with van der Waals surface area (Å²) in [5, 5.41) is 0. The van der Waals surface area contributed by atoms with Crippen LogP contribution in [0.25, 0.3) is 0 Å². The van der Waals surface area contributed by atoms with Gasteiger partial charge in [0.25, 0.3) is 5.92 Å². The predicted molar refractivity (Wildman–Crippen MR) is 45.1 cm³/mol. The van der Waals surface area contributed by atoms with Gasteiger partial charge in [-0.1, -0.05) is 12.2 Å². The number of rotatable bonds is 1. The Kier molecular flexibility index (Phi) is 2.22. The van der Waals surface area contributed by atoms with Gasteiger partial charge >= 0.3 is 0 Å². The van der Waals surface area contributed by atoms with E-state index in [0.717, 1.165) is 6.92 Å². The van der Waals surface area contributed by atoms with Gasteiger partial charge in [0.1, 0.15) is 0 Å². The Labute approximate surface area is 71.4 Å². The van der Waals surface area contributed by atoms with Crippen molar-refractivity contribution in [3.63, 3.8) is 0 Å². The zero-order valence-electron chi connectivity index (χ0n) is 7.51. The third-order valence-electron chi connectivity index (χ3n) is 2.08. The fourth-order valence-corrected chi connectivity index (χ4v) is 1.23. The van der Waals surface area contributed by atoms with Crippen LogP contribution in [0.5, 0.6) is 0 Å². The number of alkyl halides is 2. The number of likely N-dealkylation sites (N-methyl/N-ethyl adjacent to an activating group) is 1. The minimum atomic E-state index is -2.74. The van der Waals surface area contributed by atoms with Gasteiger partial charge in [-0.2, -0.15) is 0 Å². The van der Waals surface area contributed by atoms with E-state index in [-0.39, 0.29) is 11.7 Å². The zero-order valence-corrected chi connectivity index (χ0v) is 7.51. The summed E-state index contributed by atoms with van der Waals surface area (Å²) in [6.45, 7) is 2.80. The molecule has 0 radical (unpaired) electrons. The SMILES string of the molecule is CC1C=CC=C(C(C)(F)F)N1C. The molecule has 1 unspecified atom stereocenters. The van der Waals surface area contributed by atoms with Crippen molar-refractivity contribution in [1.82, 2.24) is 4.90 Å². The van der Waals surface area contributed by atoms with E-state index in [4.69, 9.17) is 0 Å². The average Bonchev–Trinajstić information content (AvgIpc) is 1.92. The summed E-state index contributed by atoms with van der Waals surface area (Å²) in [4.78, 5) is 1.58. The van der Waals surface area contributed by atoms with E-state index in [1.807, 2.05) is 13.0 Å². The van der Waals surface area contributed by atoms with Gasteiger partial charge < -0.3 is 4.90 Å². The molecule has 0 aromatic heterocycles. The molecule has 0 spiro atoms. The minimum Gasteiger partial charge on any atom is -0.367 e. The Morgan fingerprint density at radius 1 is 1.50 bits per heavy atom. The molecular formula is C9H13F2N. The summed E-state index contributed by atoms with van der Waals surface area (Å²) < 4.78 is 25.8. The van der Waals surface area contributed by atoms with Crippen LogP contribution >= 0.6 is 0 Å². The normalized spacial score (nSPS) is 24.2. The van der Waals surface area contributed by atoms with Crippen molar-refractivity contribution in [1.29, 1.82) is 0 Å². The molecule has 0 bridgehead atoms. The maximum Gasteiger partial charge on any atom is 0.284 e. The van der Waals surface area contributed by atoms with Crippen molar-refractivity contribution in [3.8, 4) is 0 Å². The smallest absolute Gasteiger partial charge is 0.284 e. The summed E-state index contributed by atoms with van der Waals surface area (Å²) >= 11 is 0. The Bertz CT molecular complexity index is 225. The first-order valence-electron chi connectivity index (χ1n) is 3.92. The van der Waals surface area contributed by atoms with Crippen molar-refractivity contribution < 1.29 is 8.78 Å². The molecule has 0 saturated heterocycles. The number of halogens is 2. The number of allylic oxidation sites excluding steroid dienone is 3. The second-order valence-electron chi connectivity index (χ2n) is 3.18. The highest BCUT2D eigenvalue weighted by Crippen LogP contribution is 2.28. The van der Waals surface area contributed by atoms with E-state index < -0.39 is 5.92 Å². The van der Waals surface area contributed by atoms with Gasteiger partial charge in [0.15, 0.2) is 0 Å². The van der Waals surface area contributed by atoms with Crippen LogP contribution in [-0.4, -0.2) is 23.9 Å².